The molecule has 0 spiro atoms. The van der Waals surface area contributed by atoms with E-state index in [1.54, 1.807) is 6.07 Å². The van der Waals surface area contributed by atoms with Crippen molar-refractivity contribution in [2.75, 3.05) is 18.5 Å². The summed E-state index contributed by atoms with van der Waals surface area (Å²) in [6.07, 6.45) is 0. The Bertz CT molecular complexity index is 1310. The lowest BCUT2D eigenvalue weighted by Crippen LogP contribution is -2.25. The van der Waals surface area contributed by atoms with Crippen LogP contribution in [-0.2, 0) is 9.53 Å². The van der Waals surface area contributed by atoms with E-state index in [-0.39, 0.29) is 45.9 Å². The number of amides is 1. The van der Waals surface area contributed by atoms with Crippen molar-refractivity contribution in [2.45, 2.75) is 0 Å². The number of nitro benzene ring substituents is 1. The van der Waals surface area contributed by atoms with Crippen LogP contribution in [0.25, 0.3) is 0 Å². The van der Waals surface area contributed by atoms with Crippen LogP contribution in [0.4, 0.5) is 11.4 Å². The third-order valence-electron chi connectivity index (χ3n) is 4.70. The van der Waals surface area contributed by atoms with Crippen LogP contribution in [0, 0.1) is 10.1 Å². The molecule has 0 saturated heterocycles. The van der Waals surface area contributed by atoms with Crippen molar-refractivity contribution in [3.63, 3.8) is 0 Å². The number of nitrogens with zero attached hydrogens (tertiary/aromatic N) is 1. The van der Waals surface area contributed by atoms with E-state index in [9.17, 15) is 24.5 Å². The summed E-state index contributed by atoms with van der Waals surface area (Å²) in [6.45, 7) is -0.611. The molecule has 1 aliphatic heterocycles. The van der Waals surface area contributed by atoms with Crippen molar-refractivity contribution in [2.24, 2.45) is 0 Å². The zero-order chi connectivity index (χ0) is 24.2. The summed E-state index contributed by atoms with van der Waals surface area (Å²) >= 11 is 5.79. The molecular formula is C23H15ClN2O8. The number of ketones is 1. The van der Waals surface area contributed by atoms with Crippen molar-refractivity contribution in [1.29, 1.82) is 0 Å². The van der Waals surface area contributed by atoms with Crippen molar-refractivity contribution < 1.29 is 33.5 Å². The van der Waals surface area contributed by atoms with Crippen molar-refractivity contribution in [1.82, 2.24) is 0 Å². The lowest BCUT2D eigenvalue weighted by molar-refractivity contribution is -0.385. The van der Waals surface area contributed by atoms with Crippen molar-refractivity contribution in [3.05, 3.63) is 86.9 Å². The van der Waals surface area contributed by atoms with Crippen LogP contribution in [0.2, 0.25) is 5.02 Å². The molecule has 0 fully saturated rings. The smallest absolute Gasteiger partial charge is 0.338 e. The number of ether oxygens (including phenoxy) is 3. The normalized spacial score (nSPS) is 12.1. The van der Waals surface area contributed by atoms with Crippen LogP contribution in [0.5, 0.6) is 17.2 Å². The summed E-state index contributed by atoms with van der Waals surface area (Å²) < 4.78 is 15.8. The van der Waals surface area contributed by atoms with Gasteiger partial charge >= 0.3 is 11.7 Å². The highest BCUT2D eigenvalue weighted by atomic mass is 35.5. The average Bonchev–Trinajstić information content (AvgIpc) is 2.83. The lowest BCUT2D eigenvalue weighted by atomic mass is 10.1. The number of carbonyl (C=O) groups excluding carboxylic acids is 3. The first-order chi connectivity index (χ1) is 16.3. The third kappa shape index (κ3) is 5.13. The number of fused-ring (bicyclic) bond motifs is 1. The molecule has 34 heavy (non-hydrogen) atoms. The number of halogens is 1. The van der Waals surface area contributed by atoms with E-state index < -0.39 is 23.3 Å². The summed E-state index contributed by atoms with van der Waals surface area (Å²) in [6, 6.07) is 14.2. The van der Waals surface area contributed by atoms with Crippen LogP contribution >= 0.6 is 11.6 Å². The molecule has 3 aromatic rings. The maximum Gasteiger partial charge on any atom is 0.338 e. The molecule has 0 aromatic heterocycles. The Kier molecular flexibility index (Phi) is 6.42. The topological polar surface area (TPSA) is 134 Å². The first-order valence-electron chi connectivity index (χ1n) is 9.79. The molecule has 0 atom stereocenters. The second kappa shape index (κ2) is 9.59. The molecule has 1 N–H and O–H groups in total. The van der Waals surface area contributed by atoms with E-state index in [4.69, 9.17) is 25.8 Å². The maximum atomic E-state index is 12.4. The minimum absolute atomic E-state index is 0.0121. The number of Topliss-reactive ketones (excluding diaryl/α,β-unsaturated/α-hetero) is 1. The molecule has 172 valence electrons. The molecule has 3 aromatic carbocycles. The van der Waals surface area contributed by atoms with E-state index >= 15 is 0 Å². The fraction of sp³-hybridized carbons (Fsp3) is 0.0870. The standard InChI is InChI=1S/C23H15ClN2O8/c24-15-4-8-21(18(10-15)26(30)31)34-16-5-1-13(2-6-16)23(29)33-11-19(27)14-3-7-20-17(9-14)25-22(28)12-32-20/h1-10H,11-12H2,(H,25,28). The predicted molar refractivity (Wildman–Crippen MR) is 120 cm³/mol. The highest BCUT2D eigenvalue weighted by Gasteiger charge is 2.20. The molecule has 0 saturated carbocycles. The fourth-order valence-corrected chi connectivity index (χ4v) is 3.23. The van der Waals surface area contributed by atoms with Gasteiger partial charge in [0, 0.05) is 16.7 Å². The Balaban J connectivity index is 1.37. The van der Waals surface area contributed by atoms with E-state index in [1.165, 1.54) is 54.6 Å². The van der Waals surface area contributed by atoms with Crippen LogP contribution in [-0.4, -0.2) is 35.8 Å². The monoisotopic (exact) mass is 482 g/mol. The molecule has 0 radical (unpaired) electrons. The first kappa shape index (κ1) is 22.7. The largest absolute Gasteiger partial charge is 0.482 e. The quantitative estimate of drug-likeness (QED) is 0.226. The zero-order valence-corrected chi connectivity index (χ0v) is 18.0. The van der Waals surface area contributed by atoms with Gasteiger partial charge in [0.05, 0.1) is 16.2 Å². The Labute approximate surface area is 197 Å². The van der Waals surface area contributed by atoms with E-state index in [1.807, 2.05) is 0 Å². The summed E-state index contributed by atoms with van der Waals surface area (Å²) in [4.78, 5) is 46.7. The Morgan fingerprint density at radius 1 is 1.06 bits per heavy atom. The number of esters is 1. The number of nitrogens with one attached hydrogen (secondary N) is 1. The van der Waals surface area contributed by atoms with Gasteiger partial charge in [0.25, 0.3) is 5.91 Å². The molecular weight excluding hydrogens is 468 g/mol. The average molecular weight is 483 g/mol. The second-order valence-electron chi connectivity index (χ2n) is 7.04. The predicted octanol–water partition coefficient (Wildman–Crippen LogP) is 4.41. The minimum Gasteiger partial charge on any atom is -0.482 e. The molecule has 10 nitrogen and oxygen atoms in total. The van der Waals surface area contributed by atoms with E-state index in [2.05, 4.69) is 5.32 Å². The summed E-state index contributed by atoms with van der Waals surface area (Å²) in [5, 5.41) is 14.0. The molecule has 1 heterocycles. The van der Waals surface area contributed by atoms with Gasteiger partial charge in [-0.05, 0) is 54.6 Å². The Hall–Kier alpha value is -4.44. The van der Waals surface area contributed by atoms with Crippen molar-refractivity contribution >= 4 is 40.6 Å². The van der Waals surface area contributed by atoms with Gasteiger partial charge in [0.1, 0.15) is 11.5 Å². The molecule has 1 amide bonds. The first-order valence-corrected chi connectivity index (χ1v) is 10.2. The number of rotatable bonds is 7. The Morgan fingerprint density at radius 2 is 1.79 bits per heavy atom. The van der Waals surface area contributed by atoms with Gasteiger partial charge in [-0.3, -0.25) is 19.7 Å². The van der Waals surface area contributed by atoms with Crippen LogP contribution in [0.15, 0.2) is 60.7 Å². The number of hydrogen-bond donors (Lipinski definition) is 1. The zero-order valence-electron chi connectivity index (χ0n) is 17.3. The van der Waals surface area contributed by atoms with Crippen molar-refractivity contribution in [3.8, 4) is 17.2 Å². The second-order valence-corrected chi connectivity index (χ2v) is 7.48. The van der Waals surface area contributed by atoms with Crippen LogP contribution in [0.3, 0.4) is 0 Å². The summed E-state index contributed by atoms with van der Waals surface area (Å²) in [7, 11) is 0. The number of anilines is 1. The van der Waals surface area contributed by atoms with Gasteiger partial charge in [0.2, 0.25) is 5.75 Å². The van der Waals surface area contributed by atoms with Crippen LogP contribution < -0.4 is 14.8 Å². The van der Waals surface area contributed by atoms with Crippen LogP contribution in [0.1, 0.15) is 20.7 Å². The molecule has 1 aliphatic rings. The molecule has 0 bridgehead atoms. The minimum atomic E-state index is -0.744. The number of benzene rings is 3. The van der Waals surface area contributed by atoms with Gasteiger partial charge in [-0.1, -0.05) is 11.6 Å². The number of carbonyl (C=O) groups is 3. The van der Waals surface area contributed by atoms with Gasteiger partial charge < -0.3 is 19.5 Å². The maximum absolute atomic E-state index is 12.4. The summed E-state index contributed by atoms with van der Waals surface area (Å²) in [5.41, 5.74) is 0.454. The molecule has 11 heteroatoms. The fourth-order valence-electron chi connectivity index (χ4n) is 3.06. The Morgan fingerprint density at radius 3 is 2.53 bits per heavy atom. The molecule has 0 aliphatic carbocycles. The highest BCUT2D eigenvalue weighted by Crippen LogP contribution is 2.33. The molecule has 0 unspecified atom stereocenters. The molecule has 4 rings (SSSR count). The lowest BCUT2D eigenvalue weighted by Gasteiger charge is -2.18. The van der Waals surface area contributed by atoms with E-state index in [0.717, 1.165) is 0 Å². The highest BCUT2D eigenvalue weighted by molar-refractivity contribution is 6.30. The number of nitro groups is 1. The van der Waals surface area contributed by atoms with E-state index in [0.29, 0.717) is 11.4 Å². The van der Waals surface area contributed by atoms with Gasteiger partial charge in [0.15, 0.2) is 19.0 Å². The van der Waals surface area contributed by atoms with Gasteiger partial charge in [-0.2, -0.15) is 0 Å². The SMILES string of the molecule is O=C1COc2ccc(C(=O)COC(=O)c3ccc(Oc4ccc(Cl)cc4[N+](=O)[O-])cc3)cc2N1. The van der Waals surface area contributed by atoms with Gasteiger partial charge in [-0.15, -0.1) is 0 Å². The third-order valence-corrected chi connectivity index (χ3v) is 4.94. The van der Waals surface area contributed by atoms with Gasteiger partial charge in [-0.25, -0.2) is 4.79 Å². The summed E-state index contributed by atoms with van der Waals surface area (Å²) in [5.74, 6) is -0.864. The number of hydrogen-bond acceptors (Lipinski definition) is 8.